The lowest BCUT2D eigenvalue weighted by Gasteiger charge is -2.51. The van der Waals surface area contributed by atoms with Crippen LogP contribution in [0.15, 0.2) is 12.3 Å². The van der Waals surface area contributed by atoms with E-state index in [1.807, 2.05) is 0 Å². The second kappa shape index (κ2) is 12.3. The van der Waals surface area contributed by atoms with Gasteiger partial charge in [-0.2, -0.15) is 10.5 Å². The average molecular weight is 441 g/mol. The van der Waals surface area contributed by atoms with E-state index in [4.69, 9.17) is 6.42 Å². The summed E-state index contributed by atoms with van der Waals surface area (Å²) in [5, 5.41) is 27.2. The number of nitrogens with zero attached hydrogens (tertiary/aromatic N) is 2. The van der Waals surface area contributed by atoms with E-state index in [1.165, 1.54) is 0 Å². The Morgan fingerprint density at radius 3 is 2.06 bits per heavy atom. The minimum Gasteiger partial charge on any atom is -0.388 e. The Morgan fingerprint density at radius 2 is 1.62 bits per heavy atom. The molecule has 0 radical (unpaired) electrons. The number of hydrogen-bond donors (Lipinski definition) is 2. The van der Waals surface area contributed by atoms with Crippen LogP contribution < -0.4 is 10.6 Å². The number of rotatable bonds is 15. The largest absolute Gasteiger partial charge is 0.388 e. The molecule has 0 aromatic carbocycles. The monoisotopic (exact) mass is 440 g/mol. The molecule has 32 heavy (non-hydrogen) atoms. The van der Waals surface area contributed by atoms with Crippen LogP contribution in [0.2, 0.25) is 0 Å². The Kier molecular flexibility index (Phi) is 11.6. The molecule has 0 rings (SSSR count). The Labute approximate surface area is 199 Å². The van der Waals surface area contributed by atoms with E-state index < -0.39 is 10.8 Å². The first kappa shape index (κ1) is 30.0. The van der Waals surface area contributed by atoms with Crippen LogP contribution in [0.4, 0.5) is 0 Å². The van der Waals surface area contributed by atoms with Gasteiger partial charge in [-0.15, -0.1) is 6.42 Å². The standard InChI is InChI=1S/C28H48N4/c1-12-14-26(9,20-29)23(5)28(11,24(6)32-18-22(3)4)19-25(7,8)27(10,21-30)15-17-31-16-13-2/h2,22-23,31-32H,6,12,14-19H2,1,3-5,7-11H3. The molecule has 0 heterocycles. The van der Waals surface area contributed by atoms with Crippen molar-refractivity contribution in [2.24, 2.45) is 33.5 Å². The van der Waals surface area contributed by atoms with Crippen LogP contribution in [0, 0.1) is 68.5 Å². The van der Waals surface area contributed by atoms with Gasteiger partial charge in [-0.05, 0) is 56.9 Å². The molecule has 0 aliphatic rings. The molecule has 4 unspecified atom stereocenters. The fourth-order valence-electron chi connectivity index (χ4n) is 4.80. The number of allylic oxidation sites excluding steroid dienone is 1. The highest BCUT2D eigenvalue weighted by atomic mass is 14.9. The first-order valence-electron chi connectivity index (χ1n) is 12.1. The lowest BCUT2D eigenvalue weighted by molar-refractivity contribution is 0.0229. The Morgan fingerprint density at radius 1 is 1.03 bits per heavy atom. The minimum atomic E-state index is -0.554. The van der Waals surface area contributed by atoms with E-state index in [0.29, 0.717) is 25.4 Å². The van der Waals surface area contributed by atoms with Gasteiger partial charge in [0.2, 0.25) is 0 Å². The molecule has 180 valence electrons. The third-order valence-electron chi connectivity index (χ3n) is 7.93. The summed E-state index contributed by atoms with van der Waals surface area (Å²) in [6.07, 6.45) is 8.61. The van der Waals surface area contributed by atoms with Crippen molar-refractivity contribution in [1.82, 2.24) is 10.6 Å². The number of nitriles is 2. The first-order valence-corrected chi connectivity index (χ1v) is 12.1. The summed E-state index contributed by atoms with van der Waals surface area (Å²) < 4.78 is 0. The summed E-state index contributed by atoms with van der Waals surface area (Å²) in [7, 11) is 0. The zero-order chi connectivity index (χ0) is 25.2. The number of terminal acetylenes is 1. The zero-order valence-electron chi connectivity index (χ0n) is 22.3. The van der Waals surface area contributed by atoms with Crippen LogP contribution in [0.3, 0.4) is 0 Å². The predicted octanol–water partition coefficient (Wildman–Crippen LogP) is 6.28. The van der Waals surface area contributed by atoms with Crippen LogP contribution in [-0.2, 0) is 0 Å². The van der Waals surface area contributed by atoms with E-state index in [1.54, 1.807) is 0 Å². The summed E-state index contributed by atoms with van der Waals surface area (Å²) in [6, 6.07) is 5.25. The molecule has 0 saturated carbocycles. The van der Waals surface area contributed by atoms with Crippen molar-refractivity contribution in [3.8, 4) is 24.5 Å². The summed E-state index contributed by atoms with van der Waals surface area (Å²) >= 11 is 0. The third-order valence-corrected chi connectivity index (χ3v) is 7.93. The third kappa shape index (κ3) is 7.29. The van der Waals surface area contributed by atoms with Gasteiger partial charge in [-0.3, -0.25) is 0 Å². The molecule has 0 aliphatic heterocycles. The van der Waals surface area contributed by atoms with E-state index in [2.05, 4.69) is 97.6 Å². The number of nitrogens with one attached hydrogen (secondary N) is 2. The maximum absolute atomic E-state index is 10.2. The van der Waals surface area contributed by atoms with Gasteiger partial charge >= 0.3 is 0 Å². The van der Waals surface area contributed by atoms with E-state index in [0.717, 1.165) is 31.5 Å². The fourth-order valence-corrected chi connectivity index (χ4v) is 4.80. The molecule has 4 atom stereocenters. The maximum Gasteiger partial charge on any atom is 0.0692 e. The van der Waals surface area contributed by atoms with Crippen molar-refractivity contribution in [2.75, 3.05) is 19.6 Å². The van der Waals surface area contributed by atoms with Crippen molar-refractivity contribution < 1.29 is 0 Å². The predicted molar refractivity (Wildman–Crippen MR) is 136 cm³/mol. The molecule has 0 amide bonds. The molecule has 2 N–H and O–H groups in total. The molecule has 4 nitrogen and oxygen atoms in total. The Hall–Kier alpha value is -1.96. The van der Waals surface area contributed by atoms with Crippen molar-refractivity contribution in [1.29, 1.82) is 10.5 Å². The van der Waals surface area contributed by atoms with E-state index in [-0.39, 0.29) is 16.7 Å². The normalized spacial score (nSPS) is 18.2. The lowest BCUT2D eigenvalue weighted by atomic mass is 9.53. The van der Waals surface area contributed by atoms with Gasteiger partial charge in [0.05, 0.1) is 29.5 Å². The van der Waals surface area contributed by atoms with Gasteiger partial charge in [0, 0.05) is 17.7 Å². The van der Waals surface area contributed by atoms with E-state index >= 15 is 0 Å². The lowest BCUT2D eigenvalue weighted by Crippen LogP contribution is -2.48. The topological polar surface area (TPSA) is 71.6 Å². The molecule has 0 bridgehead atoms. The highest BCUT2D eigenvalue weighted by molar-refractivity contribution is 5.18. The molecule has 0 aromatic heterocycles. The molecule has 0 spiro atoms. The van der Waals surface area contributed by atoms with Crippen LogP contribution >= 0.6 is 0 Å². The highest BCUT2D eigenvalue weighted by Gasteiger charge is 2.51. The summed E-state index contributed by atoms with van der Waals surface area (Å²) in [5.74, 6) is 3.15. The summed E-state index contributed by atoms with van der Waals surface area (Å²) in [5.41, 5.74) is -0.730. The van der Waals surface area contributed by atoms with Crippen LogP contribution in [0.25, 0.3) is 0 Å². The molecular weight excluding hydrogens is 392 g/mol. The van der Waals surface area contributed by atoms with Gasteiger partial charge in [-0.25, -0.2) is 0 Å². The molecule has 0 aromatic rings. The van der Waals surface area contributed by atoms with E-state index in [9.17, 15) is 10.5 Å². The molecule has 0 fully saturated rings. The van der Waals surface area contributed by atoms with Crippen molar-refractivity contribution in [3.05, 3.63) is 12.3 Å². The molecular formula is C28H48N4. The van der Waals surface area contributed by atoms with Crippen molar-refractivity contribution in [3.63, 3.8) is 0 Å². The molecule has 0 aliphatic carbocycles. The Bertz CT molecular complexity index is 732. The van der Waals surface area contributed by atoms with Gasteiger partial charge < -0.3 is 10.6 Å². The summed E-state index contributed by atoms with van der Waals surface area (Å²) in [6.45, 7) is 25.9. The van der Waals surface area contributed by atoms with Crippen LogP contribution in [0.5, 0.6) is 0 Å². The molecule has 0 saturated heterocycles. The maximum atomic E-state index is 10.2. The number of hydrogen-bond acceptors (Lipinski definition) is 4. The average Bonchev–Trinajstić information content (AvgIpc) is 2.73. The van der Waals surface area contributed by atoms with Crippen molar-refractivity contribution >= 4 is 0 Å². The SMILES string of the molecule is C#CCNCCC(C)(C#N)C(C)(C)CC(C)(C(=C)NCC(C)C)C(C)C(C)(C#N)CCC. The second-order valence-electron chi connectivity index (χ2n) is 11.3. The van der Waals surface area contributed by atoms with Crippen LogP contribution in [-0.4, -0.2) is 19.6 Å². The highest BCUT2D eigenvalue weighted by Crippen LogP contribution is 2.56. The Balaban J connectivity index is 6.20. The van der Waals surface area contributed by atoms with Gasteiger partial charge in [0.1, 0.15) is 0 Å². The van der Waals surface area contributed by atoms with Crippen molar-refractivity contribution in [2.45, 2.75) is 88.0 Å². The summed E-state index contributed by atoms with van der Waals surface area (Å²) in [4.78, 5) is 0. The first-order chi connectivity index (χ1) is 14.7. The smallest absolute Gasteiger partial charge is 0.0692 e. The van der Waals surface area contributed by atoms with Crippen LogP contribution in [0.1, 0.15) is 88.0 Å². The fraction of sp³-hybridized carbons (Fsp3) is 0.786. The second-order valence-corrected chi connectivity index (χ2v) is 11.3. The quantitative estimate of drug-likeness (QED) is 0.232. The van der Waals surface area contributed by atoms with Gasteiger partial charge in [0.25, 0.3) is 0 Å². The molecule has 4 heteroatoms. The minimum absolute atomic E-state index is 0.0638. The van der Waals surface area contributed by atoms with Gasteiger partial charge in [-0.1, -0.05) is 67.4 Å². The zero-order valence-corrected chi connectivity index (χ0v) is 22.3. The van der Waals surface area contributed by atoms with Gasteiger partial charge in [0.15, 0.2) is 0 Å².